The zero-order valence-electron chi connectivity index (χ0n) is 9.46. The quantitative estimate of drug-likeness (QED) is 0.463. The summed E-state index contributed by atoms with van der Waals surface area (Å²) in [6.45, 7) is 0. The monoisotopic (exact) mass is 267 g/mol. The van der Waals surface area contributed by atoms with Gasteiger partial charge in [-0.05, 0) is 22.9 Å². The summed E-state index contributed by atoms with van der Waals surface area (Å²) < 4.78 is 1.26. The van der Waals surface area contributed by atoms with Gasteiger partial charge < -0.3 is 0 Å². The minimum absolute atomic E-state index is 1.12. The van der Waals surface area contributed by atoms with Crippen molar-refractivity contribution in [2.45, 2.75) is 0 Å². The molecule has 86 valence electrons. The molecule has 18 heavy (non-hydrogen) atoms. The molecule has 0 N–H and O–H groups in total. The number of nitrogens with zero attached hydrogens (tertiary/aromatic N) is 1. The molecule has 0 aliphatic carbocycles. The SMILES string of the molecule is c1csc(-c2nc3c(ccc4ccccc43)s2)c1. The highest BCUT2D eigenvalue weighted by Crippen LogP contribution is 2.35. The highest BCUT2D eigenvalue weighted by atomic mass is 32.1. The Kier molecular flexibility index (Phi) is 2.22. The maximum Gasteiger partial charge on any atom is 0.134 e. The number of hydrogen-bond donors (Lipinski definition) is 0. The maximum absolute atomic E-state index is 4.81. The summed E-state index contributed by atoms with van der Waals surface area (Å²) in [6.07, 6.45) is 0. The van der Waals surface area contributed by atoms with Gasteiger partial charge in [0.25, 0.3) is 0 Å². The fourth-order valence-electron chi connectivity index (χ4n) is 2.17. The van der Waals surface area contributed by atoms with Crippen molar-refractivity contribution in [3.8, 4) is 9.88 Å². The van der Waals surface area contributed by atoms with Gasteiger partial charge in [-0.1, -0.05) is 36.4 Å². The van der Waals surface area contributed by atoms with Crippen LogP contribution < -0.4 is 0 Å². The Morgan fingerprint density at radius 1 is 0.889 bits per heavy atom. The van der Waals surface area contributed by atoms with Crippen LogP contribution in [-0.4, -0.2) is 4.98 Å². The second-order valence-electron chi connectivity index (χ2n) is 4.13. The minimum atomic E-state index is 1.12. The van der Waals surface area contributed by atoms with Gasteiger partial charge in [0.15, 0.2) is 0 Å². The van der Waals surface area contributed by atoms with Crippen molar-refractivity contribution >= 4 is 43.7 Å². The maximum atomic E-state index is 4.81. The Labute approximate surface area is 112 Å². The topological polar surface area (TPSA) is 12.9 Å². The Morgan fingerprint density at radius 3 is 2.72 bits per heavy atom. The van der Waals surface area contributed by atoms with E-state index in [2.05, 4.69) is 53.9 Å². The summed E-state index contributed by atoms with van der Waals surface area (Å²) in [5.74, 6) is 0. The van der Waals surface area contributed by atoms with Crippen molar-refractivity contribution in [2.24, 2.45) is 0 Å². The van der Waals surface area contributed by atoms with Crippen LogP contribution in [0.4, 0.5) is 0 Å². The van der Waals surface area contributed by atoms with E-state index in [1.807, 2.05) is 0 Å². The van der Waals surface area contributed by atoms with Gasteiger partial charge in [-0.3, -0.25) is 0 Å². The lowest BCUT2D eigenvalue weighted by molar-refractivity contribution is 1.52. The molecule has 3 heteroatoms. The van der Waals surface area contributed by atoms with Gasteiger partial charge in [0.1, 0.15) is 5.01 Å². The highest BCUT2D eigenvalue weighted by molar-refractivity contribution is 7.25. The summed E-state index contributed by atoms with van der Waals surface area (Å²) in [4.78, 5) is 6.06. The molecule has 0 saturated heterocycles. The molecule has 0 unspecified atom stereocenters. The van der Waals surface area contributed by atoms with Gasteiger partial charge in [-0.25, -0.2) is 4.98 Å². The first kappa shape index (κ1) is 10.2. The predicted octanol–water partition coefficient (Wildman–Crippen LogP) is 5.18. The van der Waals surface area contributed by atoms with Gasteiger partial charge in [0.05, 0.1) is 15.1 Å². The molecule has 0 bridgehead atoms. The van der Waals surface area contributed by atoms with Crippen LogP contribution in [0.3, 0.4) is 0 Å². The van der Waals surface area contributed by atoms with Crippen molar-refractivity contribution in [2.75, 3.05) is 0 Å². The van der Waals surface area contributed by atoms with Crippen LogP contribution in [0.5, 0.6) is 0 Å². The van der Waals surface area contributed by atoms with Crippen molar-refractivity contribution < 1.29 is 0 Å². The van der Waals surface area contributed by atoms with Gasteiger partial charge >= 0.3 is 0 Å². The van der Waals surface area contributed by atoms with E-state index in [-0.39, 0.29) is 0 Å². The van der Waals surface area contributed by atoms with Gasteiger partial charge in [0, 0.05) is 5.39 Å². The third-order valence-corrected chi connectivity index (χ3v) is 5.08. The number of thiazole rings is 1. The van der Waals surface area contributed by atoms with E-state index >= 15 is 0 Å². The fourth-order valence-corrected chi connectivity index (χ4v) is 3.95. The summed E-state index contributed by atoms with van der Waals surface area (Å²) in [5, 5.41) is 5.72. The summed E-state index contributed by atoms with van der Waals surface area (Å²) in [5.41, 5.74) is 1.13. The number of benzene rings is 2. The standard InChI is InChI=1S/C15H9NS2/c1-2-5-11-10(4-1)7-8-12-14(11)16-15(18-12)13-6-3-9-17-13/h1-9H. The fraction of sp³-hybridized carbons (Fsp3) is 0. The molecule has 0 aliphatic rings. The van der Waals surface area contributed by atoms with Crippen molar-refractivity contribution in [1.82, 2.24) is 4.98 Å². The molecule has 0 fully saturated rings. The Balaban J connectivity index is 2.08. The molecule has 0 saturated carbocycles. The largest absolute Gasteiger partial charge is 0.235 e. The number of thiophene rings is 1. The van der Waals surface area contributed by atoms with Crippen LogP contribution in [-0.2, 0) is 0 Å². The van der Waals surface area contributed by atoms with Crippen LogP contribution in [0, 0.1) is 0 Å². The molecule has 0 radical (unpaired) electrons. The Morgan fingerprint density at radius 2 is 1.83 bits per heavy atom. The molecule has 2 aromatic carbocycles. The van der Waals surface area contributed by atoms with E-state index < -0.39 is 0 Å². The highest BCUT2D eigenvalue weighted by Gasteiger charge is 2.09. The van der Waals surface area contributed by atoms with Gasteiger partial charge in [-0.2, -0.15) is 0 Å². The molecule has 4 rings (SSSR count). The predicted molar refractivity (Wildman–Crippen MR) is 80.4 cm³/mol. The average molecular weight is 267 g/mol. The minimum Gasteiger partial charge on any atom is -0.235 e. The lowest BCUT2D eigenvalue weighted by Crippen LogP contribution is -1.74. The lowest BCUT2D eigenvalue weighted by Gasteiger charge is -1.96. The molecule has 2 aromatic heterocycles. The molecule has 0 spiro atoms. The van der Waals surface area contributed by atoms with Gasteiger partial charge in [-0.15, -0.1) is 22.7 Å². The molecular weight excluding hydrogens is 258 g/mol. The molecule has 4 aromatic rings. The van der Waals surface area contributed by atoms with Crippen LogP contribution in [0.25, 0.3) is 30.9 Å². The summed E-state index contributed by atoms with van der Waals surface area (Å²) in [7, 11) is 0. The third kappa shape index (κ3) is 1.48. The molecular formula is C15H9NS2. The zero-order valence-corrected chi connectivity index (χ0v) is 11.1. The molecule has 2 heterocycles. The summed E-state index contributed by atoms with van der Waals surface area (Å²) in [6, 6.07) is 17.0. The summed E-state index contributed by atoms with van der Waals surface area (Å²) >= 11 is 3.51. The normalized spacial score (nSPS) is 11.3. The number of rotatable bonds is 1. The van der Waals surface area contributed by atoms with Crippen LogP contribution in [0.2, 0.25) is 0 Å². The smallest absolute Gasteiger partial charge is 0.134 e. The number of aromatic nitrogens is 1. The van der Waals surface area contributed by atoms with E-state index in [1.54, 1.807) is 22.7 Å². The first-order valence-electron chi connectivity index (χ1n) is 5.74. The van der Waals surface area contributed by atoms with Crippen LogP contribution >= 0.6 is 22.7 Å². The Hall–Kier alpha value is -1.71. The first-order chi connectivity index (χ1) is 8.92. The van der Waals surface area contributed by atoms with Crippen LogP contribution in [0.1, 0.15) is 0 Å². The average Bonchev–Trinajstić information content (AvgIpc) is 3.07. The lowest BCUT2D eigenvalue weighted by atomic mass is 10.1. The van der Waals surface area contributed by atoms with Crippen molar-refractivity contribution in [3.05, 3.63) is 53.9 Å². The molecule has 0 atom stereocenters. The Bertz CT molecular complexity index is 828. The molecule has 1 nitrogen and oxygen atoms in total. The second kappa shape index (κ2) is 3.90. The zero-order chi connectivity index (χ0) is 11.9. The molecule has 0 amide bonds. The van der Waals surface area contributed by atoms with Gasteiger partial charge in [0.2, 0.25) is 0 Å². The van der Waals surface area contributed by atoms with Crippen LogP contribution in [0.15, 0.2) is 53.9 Å². The van der Waals surface area contributed by atoms with E-state index in [4.69, 9.17) is 4.98 Å². The number of hydrogen-bond acceptors (Lipinski definition) is 3. The first-order valence-corrected chi connectivity index (χ1v) is 7.43. The van der Waals surface area contributed by atoms with E-state index in [9.17, 15) is 0 Å². The second-order valence-corrected chi connectivity index (χ2v) is 6.11. The van der Waals surface area contributed by atoms with E-state index in [0.29, 0.717) is 0 Å². The van der Waals surface area contributed by atoms with E-state index in [1.165, 1.54) is 20.3 Å². The number of fused-ring (bicyclic) bond motifs is 3. The van der Waals surface area contributed by atoms with Crippen molar-refractivity contribution in [3.63, 3.8) is 0 Å². The van der Waals surface area contributed by atoms with E-state index in [0.717, 1.165) is 10.5 Å². The molecule has 0 aliphatic heterocycles. The third-order valence-electron chi connectivity index (χ3n) is 3.02. The van der Waals surface area contributed by atoms with Crippen molar-refractivity contribution in [1.29, 1.82) is 0 Å².